The van der Waals surface area contributed by atoms with Gasteiger partial charge in [0.2, 0.25) is 5.95 Å². The van der Waals surface area contributed by atoms with Crippen molar-refractivity contribution in [3.8, 4) is 0 Å². The smallest absolute Gasteiger partial charge is 0.368 e. The Bertz CT molecular complexity index is 618. The molecular weight excluding hydrogens is 243 g/mol. The van der Waals surface area contributed by atoms with Gasteiger partial charge in [-0.1, -0.05) is 0 Å². The Labute approximate surface area is 101 Å². The number of hydrogen-bond donors (Lipinski definition) is 1. The number of hydrogen-bond acceptors (Lipinski definition) is 3. The lowest BCUT2D eigenvalue weighted by molar-refractivity contribution is -0.137. The number of aromatic nitrogens is 2. The molecular formula is C12H10F3N3. The summed E-state index contributed by atoms with van der Waals surface area (Å²) in [6.45, 7) is 0. The molecule has 0 radical (unpaired) electrons. The van der Waals surface area contributed by atoms with Crippen LogP contribution >= 0.6 is 0 Å². The van der Waals surface area contributed by atoms with Gasteiger partial charge in [-0.15, -0.1) is 0 Å². The van der Waals surface area contributed by atoms with Crippen LogP contribution in [0.5, 0.6) is 0 Å². The van der Waals surface area contributed by atoms with E-state index in [-0.39, 0.29) is 11.9 Å². The molecule has 1 aliphatic carbocycles. The summed E-state index contributed by atoms with van der Waals surface area (Å²) in [7, 11) is 0. The Morgan fingerprint density at radius 3 is 2.50 bits per heavy atom. The Morgan fingerprint density at radius 1 is 1.17 bits per heavy atom. The van der Waals surface area contributed by atoms with Gasteiger partial charge >= 0.3 is 6.18 Å². The van der Waals surface area contributed by atoms with Gasteiger partial charge in [0.15, 0.2) is 0 Å². The van der Waals surface area contributed by atoms with Crippen LogP contribution in [0.15, 0.2) is 18.2 Å². The zero-order valence-corrected chi connectivity index (χ0v) is 9.33. The minimum Gasteiger partial charge on any atom is -0.368 e. The van der Waals surface area contributed by atoms with E-state index < -0.39 is 11.7 Å². The van der Waals surface area contributed by atoms with Gasteiger partial charge in [-0.2, -0.15) is 13.2 Å². The number of rotatable bonds is 1. The predicted octanol–water partition coefficient (Wildman–Crippen LogP) is 3.11. The largest absolute Gasteiger partial charge is 0.416 e. The van der Waals surface area contributed by atoms with E-state index in [0.29, 0.717) is 16.6 Å². The topological polar surface area (TPSA) is 51.8 Å². The van der Waals surface area contributed by atoms with Crippen molar-refractivity contribution in [2.75, 3.05) is 5.73 Å². The predicted molar refractivity (Wildman–Crippen MR) is 60.9 cm³/mol. The molecule has 1 aliphatic rings. The standard InChI is InChI=1S/C12H10F3N3/c13-12(14,15)7-3-4-9-8(5-7)10(6-1-2-6)18-11(16)17-9/h3-6H,1-2H2,(H2,16,17,18). The first-order chi connectivity index (χ1) is 8.45. The van der Waals surface area contributed by atoms with Crippen molar-refractivity contribution >= 4 is 16.9 Å². The van der Waals surface area contributed by atoms with Gasteiger partial charge in [0.1, 0.15) is 0 Å². The maximum absolute atomic E-state index is 12.7. The number of anilines is 1. The lowest BCUT2D eigenvalue weighted by Gasteiger charge is -2.10. The molecule has 1 aromatic heterocycles. The lowest BCUT2D eigenvalue weighted by Crippen LogP contribution is -2.06. The van der Waals surface area contributed by atoms with Gasteiger partial charge in [-0.05, 0) is 31.0 Å². The molecule has 2 aromatic rings. The van der Waals surface area contributed by atoms with Crippen molar-refractivity contribution in [3.05, 3.63) is 29.5 Å². The molecule has 1 heterocycles. The Morgan fingerprint density at radius 2 is 1.89 bits per heavy atom. The Kier molecular flexibility index (Phi) is 2.23. The molecule has 1 aromatic carbocycles. The maximum atomic E-state index is 12.7. The number of benzene rings is 1. The van der Waals surface area contributed by atoms with Crippen LogP contribution in [-0.4, -0.2) is 9.97 Å². The molecule has 0 unspecified atom stereocenters. The van der Waals surface area contributed by atoms with E-state index in [1.54, 1.807) is 0 Å². The van der Waals surface area contributed by atoms with Gasteiger partial charge in [-0.3, -0.25) is 0 Å². The fourth-order valence-corrected chi connectivity index (χ4v) is 2.02. The van der Waals surface area contributed by atoms with Crippen molar-refractivity contribution in [2.45, 2.75) is 24.9 Å². The van der Waals surface area contributed by atoms with Gasteiger partial charge in [0.25, 0.3) is 0 Å². The third-order valence-corrected chi connectivity index (χ3v) is 3.03. The first kappa shape index (κ1) is 11.3. The number of nitrogens with zero attached hydrogens (tertiary/aromatic N) is 2. The van der Waals surface area contributed by atoms with E-state index in [4.69, 9.17) is 5.73 Å². The van der Waals surface area contributed by atoms with Gasteiger partial charge in [0.05, 0.1) is 16.8 Å². The first-order valence-electron chi connectivity index (χ1n) is 5.59. The molecule has 94 valence electrons. The van der Waals surface area contributed by atoms with Crippen LogP contribution in [0, 0.1) is 0 Å². The highest BCUT2D eigenvalue weighted by Crippen LogP contribution is 2.43. The van der Waals surface area contributed by atoms with E-state index in [1.807, 2.05) is 0 Å². The molecule has 6 heteroatoms. The van der Waals surface area contributed by atoms with E-state index in [2.05, 4.69) is 9.97 Å². The van der Waals surface area contributed by atoms with Crippen LogP contribution in [0.1, 0.15) is 30.0 Å². The molecule has 18 heavy (non-hydrogen) atoms. The maximum Gasteiger partial charge on any atom is 0.416 e. The average Bonchev–Trinajstić information content (AvgIpc) is 3.09. The molecule has 0 bridgehead atoms. The number of nitrogen functional groups attached to an aromatic ring is 1. The highest BCUT2D eigenvalue weighted by Gasteiger charge is 2.32. The third kappa shape index (κ3) is 1.87. The number of fused-ring (bicyclic) bond motifs is 1. The number of nitrogens with two attached hydrogens (primary N) is 1. The molecule has 0 spiro atoms. The normalized spacial score (nSPS) is 16.2. The number of halogens is 3. The summed E-state index contributed by atoms with van der Waals surface area (Å²) in [4.78, 5) is 8.05. The molecule has 0 atom stereocenters. The van der Waals surface area contributed by atoms with Crippen molar-refractivity contribution in [2.24, 2.45) is 0 Å². The van der Waals surface area contributed by atoms with Gasteiger partial charge in [-0.25, -0.2) is 9.97 Å². The van der Waals surface area contributed by atoms with E-state index in [0.717, 1.165) is 25.0 Å². The molecule has 2 N–H and O–H groups in total. The second kappa shape index (κ2) is 3.57. The third-order valence-electron chi connectivity index (χ3n) is 3.03. The zero-order chi connectivity index (χ0) is 12.9. The van der Waals surface area contributed by atoms with E-state index in [1.165, 1.54) is 6.07 Å². The fraction of sp³-hybridized carbons (Fsp3) is 0.333. The summed E-state index contributed by atoms with van der Waals surface area (Å²) in [6, 6.07) is 3.48. The lowest BCUT2D eigenvalue weighted by atomic mass is 10.1. The summed E-state index contributed by atoms with van der Waals surface area (Å²) in [5.41, 5.74) is 6.01. The summed E-state index contributed by atoms with van der Waals surface area (Å²) < 4.78 is 38.0. The highest BCUT2D eigenvalue weighted by atomic mass is 19.4. The zero-order valence-electron chi connectivity index (χ0n) is 9.33. The molecule has 1 saturated carbocycles. The second-order valence-electron chi connectivity index (χ2n) is 4.47. The van der Waals surface area contributed by atoms with Crippen molar-refractivity contribution < 1.29 is 13.2 Å². The van der Waals surface area contributed by atoms with Crippen LogP contribution in [0.25, 0.3) is 10.9 Å². The van der Waals surface area contributed by atoms with Crippen molar-refractivity contribution in [1.82, 2.24) is 9.97 Å². The first-order valence-corrected chi connectivity index (χ1v) is 5.59. The number of alkyl halides is 3. The minimum absolute atomic E-state index is 0.115. The molecule has 3 rings (SSSR count). The van der Waals surface area contributed by atoms with Crippen LogP contribution in [-0.2, 0) is 6.18 Å². The second-order valence-corrected chi connectivity index (χ2v) is 4.47. The van der Waals surface area contributed by atoms with Crippen molar-refractivity contribution in [1.29, 1.82) is 0 Å². The van der Waals surface area contributed by atoms with Crippen LogP contribution < -0.4 is 5.73 Å². The average molecular weight is 253 g/mol. The van der Waals surface area contributed by atoms with Gasteiger partial charge in [0, 0.05) is 11.3 Å². The SMILES string of the molecule is Nc1nc(C2CC2)c2cc(C(F)(F)F)ccc2n1. The van der Waals surface area contributed by atoms with Crippen LogP contribution in [0.2, 0.25) is 0 Å². The summed E-state index contributed by atoms with van der Waals surface area (Å²) in [6.07, 6.45) is -2.46. The summed E-state index contributed by atoms with van der Waals surface area (Å²) >= 11 is 0. The quantitative estimate of drug-likeness (QED) is 0.849. The Balaban J connectivity index is 2.25. The van der Waals surface area contributed by atoms with Crippen LogP contribution in [0.3, 0.4) is 0 Å². The summed E-state index contributed by atoms with van der Waals surface area (Å²) in [5.74, 6) is 0.338. The monoisotopic (exact) mass is 253 g/mol. The van der Waals surface area contributed by atoms with Gasteiger partial charge < -0.3 is 5.73 Å². The molecule has 3 nitrogen and oxygen atoms in total. The molecule has 0 saturated heterocycles. The van der Waals surface area contributed by atoms with Crippen molar-refractivity contribution in [3.63, 3.8) is 0 Å². The summed E-state index contributed by atoms with van der Waals surface area (Å²) in [5, 5.41) is 0.460. The fourth-order valence-electron chi connectivity index (χ4n) is 2.02. The van der Waals surface area contributed by atoms with E-state index in [9.17, 15) is 13.2 Å². The molecule has 0 aliphatic heterocycles. The molecule has 0 amide bonds. The highest BCUT2D eigenvalue weighted by molar-refractivity contribution is 5.83. The van der Waals surface area contributed by atoms with Crippen LogP contribution in [0.4, 0.5) is 19.1 Å². The Hall–Kier alpha value is -1.85. The van der Waals surface area contributed by atoms with E-state index >= 15 is 0 Å². The molecule has 1 fully saturated rings. The minimum atomic E-state index is -4.35.